The van der Waals surface area contributed by atoms with E-state index in [1.807, 2.05) is 0 Å². The molecule has 0 amide bonds. The molecule has 0 aromatic carbocycles. The van der Waals surface area contributed by atoms with Crippen LogP contribution in [0.15, 0.2) is 0 Å². The average molecular weight is 659 g/mol. The van der Waals surface area contributed by atoms with Gasteiger partial charge in [0.1, 0.15) is 20.2 Å². The molecule has 17 heteroatoms. The molecule has 0 spiro atoms. The molecule has 0 radical (unpaired) electrons. The topological polar surface area (TPSA) is 220 Å². The summed E-state index contributed by atoms with van der Waals surface area (Å²) in [4.78, 5) is 45.9. The van der Waals surface area contributed by atoms with Gasteiger partial charge in [-0.05, 0) is 23.7 Å². The molecular weight excluding hydrogens is 616 g/mol. The van der Waals surface area contributed by atoms with Gasteiger partial charge in [0, 0.05) is 0 Å². The SMILES string of the molecule is CC(C)COC(=O)CC(C(=O)OCC(C)C)S(=O)(=O)[O-].CC(C)COC(=O)CC(C(=O)OCC(C)C)S(=O)(=O)[O-].[Ca+2]. The molecule has 0 fully saturated rings. The van der Waals surface area contributed by atoms with Crippen molar-refractivity contribution < 1.29 is 64.1 Å². The van der Waals surface area contributed by atoms with Crippen LogP contribution in [0, 0.1) is 23.7 Å². The van der Waals surface area contributed by atoms with Crippen LogP contribution < -0.4 is 0 Å². The summed E-state index contributed by atoms with van der Waals surface area (Å²) in [5.74, 6) is -4.15. The summed E-state index contributed by atoms with van der Waals surface area (Å²) in [6.07, 6.45) is -1.65. The molecule has 0 N–H and O–H groups in total. The minimum atomic E-state index is -4.97. The summed E-state index contributed by atoms with van der Waals surface area (Å²) in [6, 6.07) is 0. The number of hydrogen-bond acceptors (Lipinski definition) is 14. The summed E-state index contributed by atoms with van der Waals surface area (Å²) in [7, 11) is -9.94. The fourth-order valence-electron chi connectivity index (χ4n) is 2.23. The van der Waals surface area contributed by atoms with Crippen LogP contribution in [0.25, 0.3) is 0 Å². The van der Waals surface area contributed by atoms with Gasteiger partial charge in [0.05, 0.1) is 39.3 Å². The van der Waals surface area contributed by atoms with Crippen LogP contribution >= 0.6 is 0 Å². The van der Waals surface area contributed by atoms with Crippen molar-refractivity contribution in [3.8, 4) is 0 Å². The predicted octanol–water partition coefficient (Wildman–Crippen LogP) is 0.997. The molecule has 236 valence electrons. The van der Waals surface area contributed by atoms with Gasteiger partial charge in [0.2, 0.25) is 0 Å². The molecule has 41 heavy (non-hydrogen) atoms. The first kappa shape index (κ1) is 44.4. The van der Waals surface area contributed by atoms with E-state index in [1.165, 1.54) is 0 Å². The fraction of sp³-hybridized carbons (Fsp3) is 0.833. The molecule has 0 saturated carbocycles. The third kappa shape index (κ3) is 24.1. The molecule has 0 bridgehead atoms. The first-order valence-electron chi connectivity index (χ1n) is 12.6. The maximum atomic E-state index is 11.6. The zero-order valence-corrected chi connectivity index (χ0v) is 28.8. The molecule has 0 rings (SSSR count). The third-order valence-corrected chi connectivity index (χ3v) is 6.31. The smallest absolute Gasteiger partial charge is 0.747 e. The minimum Gasteiger partial charge on any atom is -0.747 e. The Morgan fingerprint density at radius 1 is 0.512 bits per heavy atom. The Hall–Kier alpha value is -1.04. The summed E-state index contributed by atoms with van der Waals surface area (Å²) in [5, 5.41) is -4.11. The van der Waals surface area contributed by atoms with Crippen molar-refractivity contribution in [1.82, 2.24) is 0 Å². The van der Waals surface area contributed by atoms with E-state index in [0.717, 1.165) is 0 Å². The monoisotopic (exact) mass is 658 g/mol. The Morgan fingerprint density at radius 3 is 0.927 bits per heavy atom. The van der Waals surface area contributed by atoms with Gasteiger partial charge >= 0.3 is 61.6 Å². The molecule has 0 aliphatic heterocycles. The van der Waals surface area contributed by atoms with Crippen molar-refractivity contribution in [1.29, 1.82) is 0 Å². The third-order valence-electron chi connectivity index (χ3n) is 4.20. The summed E-state index contributed by atoms with van der Waals surface area (Å²) in [6.45, 7) is 14.3. The van der Waals surface area contributed by atoms with Crippen LogP contribution in [0.5, 0.6) is 0 Å². The Bertz CT molecular complexity index is 939. The molecule has 14 nitrogen and oxygen atoms in total. The second-order valence-electron chi connectivity index (χ2n) is 10.6. The first-order valence-corrected chi connectivity index (χ1v) is 15.6. The molecule has 0 heterocycles. The van der Waals surface area contributed by atoms with Crippen molar-refractivity contribution in [3.05, 3.63) is 0 Å². The maximum Gasteiger partial charge on any atom is 2.00 e. The minimum absolute atomic E-state index is 0. The number of esters is 4. The first-order chi connectivity index (χ1) is 18.1. The van der Waals surface area contributed by atoms with Gasteiger partial charge in [-0.2, -0.15) is 0 Å². The van der Waals surface area contributed by atoms with E-state index >= 15 is 0 Å². The van der Waals surface area contributed by atoms with E-state index in [4.69, 9.17) is 18.9 Å². The van der Waals surface area contributed by atoms with Crippen LogP contribution in [-0.2, 0) is 58.4 Å². The van der Waals surface area contributed by atoms with Crippen molar-refractivity contribution in [3.63, 3.8) is 0 Å². The number of hydrogen-bond donors (Lipinski definition) is 0. The van der Waals surface area contributed by atoms with Gasteiger partial charge in [-0.15, -0.1) is 0 Å². The number of carbonyl (C=O) groups excluding carboxylic acids is 4. The largest absolute Gasteiger partial charge is 2.00 e. The Morgan fingerprint density at radius 2 is 0.732 bits per heavy atom. The summed E-state index contributed by atoms with van der Waals surface area (Å²) in [5.41, 5.74) is 0. The van der Waals surface area contributed by atoms with Gasteiger partial charge in [-0.1, -0.05) is 55.4 Å². The fourth-order valence-corrected chi connectivity index (χ4v) is 3.52. The molecule has 0 aromatic heterocycles. The second kappa shape index (κ2) is 21.6. The van der Waals surface area contributed by atoms with Crippen LogP contribution in [-0.4, -0.2) is 124 Å². The van der Waals surface area contributed by atoms with Crippen LogP contribution in [0.2, 0.25) is 0 Å². The van der Waals surface area contributed by atoms with Crippen molar-refractivity contribution in [2.24, 2.45) is 23.7 Å². The van der Waals surface area contributed by atoms with Crippen LogP contribution in [0.4, 0.5) is 0 Å². The van der Waals surface area contributed by atoms with Gasteiger partial charge in [0.15, 0.2) is 10.5 Å². The Balaban J connectivity index is -0.000000688. The predicted molar refractivity (Wildman–Crippen MR) is 145 cm³/mol. The van der Waals surface area contributed by atoms with Gasteiger partial charge in [-0.3, -0.25) is 19.2 Å². The normalized spacial score (nSPS) is 13.0. The molecule has 0 aromatic rings. The number of carbonyl (C=O) groups is 4. The standard InChI is InChI=1S/2C12H22O7S.Ca/c2*1-8(2)6-18-11(13)5-10(20(15,16)17)12(14)19-7-9(3)4;/h2*8-10H,5-7H2,1-4H3,(H,15,16,17);/q;;+2/p-2. The van der Waals surface area contributed by atoms with E-state index in [-0.39, 0.29) is 87.8 Å². The Kier molecular flexibility index (Phi) is 23.4. The van der Waals surface area contributed by atoms with E-state index in [9.17, 15) is 45.1 Å². The molecule has 0 aliphatic rings. The van der Waals surface area contributed by atoms with E-state index in [1.54, 1.807) is 55.4 Å². The molecule has 2 atom stereocenters. The molecule has 0 saturated heterocycles. The maximum absolute atomic E-state index is 11.6. The summed E-state index contributed by atoms with van der Waals surface area (Å²) < 4.78 is 85.1. The Labute approximate surface area is 273 Å². The van der Waals surface area contributed by atoms with Crippen molar-refractivity contribution in [2.45, 2.75) is 78.7 Å². The molecular formula is C24H42CaO14S2. The van der Waals surface area contributed by atoms with E-state index < -0.39 is 67.5 Å². The molecule has 0 aliphatic carbocycles. The zero-order chi connectivity index (χ0) is 31.8. The number of rotatable bonds is 16. The number of ether oxygens (including phenoxy) is 4. The van der Waals surface area contributed by atoms with Gasteiger partial charge in [-0.25, -0.2) is 16.8 Å². The van der Waals surface area contributed by atoms with Gasteiger partial charge < -0.3 is 28.1 Å². The van der Waals surface area contributed by atoms with Crippen LogP contribution in [0.3, 0.4) is 0 Å². The van der Waals surface area contributed by atoms with Crippen molar-refractivity contribution >= 4 is 81.9 Å². The second-order valence-corrected chi connectivity index (χ2v) is 13.7. The van der Waals surface area contributed by atoms with Gasteiger partial charge in [0.25, 0.3) is 0 Å². The van der Waals surface area contributed by atoms with E-state index in [0.29, 0.717) is 0 Å². The summed E-state index contributed by atoms with van der Waals surface area (Å²) >= 11 is 0. The molecule has 2 unspecified atom stereocenters. The van der Waals surface area contributed by atoms with E-state index in [2.05, 4.69) is 0 Å². The van der Waals surface area contributed by atoms with Crippen molar-refractivity contribution in [2.75, 3.05) is 26.4 Å². The average Bonchev–Trinajstić information content (AvgIpc) is 2.79. The van der Waals surface area contributed by atoms with Crippen LogP contribution in [0.1, 0.15) is 68.2 Å². The quantitative estimate of drug-likeness (QED) is 0.0977. The zero-order valence-electron chi connectivity index (χ0n) is 24.9.